The zero-order valence-electron chi connectivity index (χ0n) is 15.5. The van der Waals surface area contributed by atoms with E-state index in [9.17, 15) is 14.4 Å². The maximum Gasteiger partial charge on any atom is 0.293 e. The first-order chi connectivity index (χ1) is 13.5. The van der Waals surface area contributed by atoms with Crippen molar-refractivity contribution in [3.63, 3.8) is 0 Å². The van der Waals surface area contributed by atoms with E-state index in [0.717, 1.165) is 32.7 Å². The average molecular weight is 414 g/mol. The van der Waals surface area contributed by atoms with Crippen LogP contribution in [0.25, 0.3) is 6.08 Å². The highest BCUT2D eigenvalue weighted by molar-refractivity contribution is 8.18. The summed E-state index contributed by atoms with van der Waals surface area (Å²) in [6.45, 7) is 2.20. The normalized spacial score (nSPS) is 15.4. The molecule has 2 aromatic rings. The number of amides is 3. The van der Waals surface area contributed by atoms with Gasteiger partial charge in [0.1, 0.15) is 0 Å². The van der Waals surface area contributed by atoms with Crippen LogP contribution in [-0.2, 0) is 4.79 Å². The molecule has 1 saturated heterocycles. The van der Waals surface area contributed by atoms with Gasteiger partial charge in [0, 0.05) is 35.9 Å². The number of aryl methyl sites for hydroxylation is 1. The average Bonchev–Trinajstić information content (AvgIpc) is 2.96. The first-order valence-corrected chi connectivity index (χ1v) is 10.6. The molecule has 2 heterocycles. The van der Waals surface area contributed by atoms with Gasteiger partial charge in [0.25, 0.3) is 17.1 Å². The number of carbonyl (C=O) groups is 3. The third kappa shape index (κ3) is 4.63. The minimum Gasteiger partial charge on any atom is -0.350 e. The zero-order valence-corrected chi connectivity index (χ0v) is 17.1. The molecule has 0 saturated carbocycles. The fourth-order valence-electron chi connectivity index (χ4n) is 2.65. The number of aromatic nitrogens is 1. The first-order valence-electron chi connectivity index (χ1n) is 8.58. The van der Waals surface area contributed by atoms with Crippen molar-refractivity contribution in [2.45, 2.75) is 11.8 Å². The summed E-state index contributed by atoms with van der Waals surface area (Å²) in [5, 5.41) is 2.45. The summed E-state index contributed by atoms with van der Waals surface area (Å²) in [6, 6.07) is 9.28. The van der Waals surface area contributed by atoms with Gasteiger partial charge in [-0.3, -0.25) is 24.3 Å². The Kier molecular flexibility index (Phi) is 6.53. The van der Waals surface area contributed by atoms with E-state index in [1.54, 1.807) is 36.3 Å². The number of rotatable bonds is 6. The van der Waals surface area contributed by atoms with E-state index in [4.69, 9.17) is 0 Å². The Morgan fingerprint density at radius 3 is 2.86 bits per heavy atom. The summed E-state index contributed by atoms with van der Waals surface area (Å²) in [7, 11) is 0. The van der Waals surface area contributed by atoms with Crippen molar-refractivity contribution >= 4 is 46.7 Å². The van der Waals surface area contributed by atoms with Crippen LogP contribution >= 0.6 is 23.5 Å². The molecule has 0 radical (unpaired) electrons. The quantitative estimate of drug-likeness (QED) is 0.576. The molecule has 6 nitrogen and oxygen atoms in total. The summed E-state index contributed by atoms with van der Waals surface area (Å²) in [6.07, 6.45) is 6.86. The molecular formula is C20H19N3O3S2. The van der Waals surface area contributed by atoms with Gasteiger partial charge in [0.2, 0.25) is 0 Å². The monoisotopic (exact) mass is 413 g/mol. The molecule has 144 valence electrons. The maximum atomic E-state index is 12.5. The Labute approximate surface area is 171 Å². The predicted molar refractivity (Wildman–Crippen MR) is 112 cm³/mol. The van der Waals surface area contributed by atoms with Crippen molar-refractivity contribution in [2.24, 2.45) is 0 Å². The van der Waals surface area contributed by atoms with Crippen molar-refractivity contribution < 1.29 is 14.4 Å². The smallest absolute Gasteiger partial charge is 0.293 e. The summed E-state index contributed by atoms with van der Waals surface area (Å²) >= 11 is 2.46. The highest BCUT2D eigenvalue weighted by Crippen LogP contribution is 2.31. The number of thioether (sulfide) groups is 2. The Hall–Kier alpha value is -2.58. The van der Waals surface area contributed by atoms with Crippen LogP contribution in [0.4, 0.5) is 4.79 Å². The summed E-state index contributed by atoms with van der Waals surface area (Å²) in [4.78, 5) is 43.6. The van der Waals surface area contributed by atoms with Gasteiger partial charge < -0.3 is 5.32 Å². The third-order valence-electron chi connectivity index (χ3n) is 4.17. The van der Waals surface area contributed by atoms with Crippen LogP contribution < -0.4 is 5.32 Å². The molecule has 0 unspecified atom stereocenters. The molecule has 1 aromatic heterocycles. The highest BCUT2D eigenvalue weighted by atomic mass is 32.2. The standard InChI is InChI=1S/C20H19N3O3S2/c1-13-5-6-15(27-2)11-16(13)18(24)22-8-9-23-19(25)17(28-20(23)26)10-14-4-3-7-21-12-14/h3-7,10-12H,8-9H2,1-2H3,(H,22,24). The number of imide groups is 1. The van der Waals surface area contributed by atoms with Crippen molar-refractivity contribution in [2.75, 3.05) is 19.3 Å². The topological polar surface area (TPSA) is 79.4 Å². The van der Waals surface area contributed by atoms with Crippen LogP contribution in [0.1, 0.15) is 21.5 Å². The van der Waals surface area contributed by atoms with Crippen molar-refractivity contribution in [1.82, 2.24) is 15.2 Å². The van der Waals surface area contributed by atoms with Crippen molar-refractivity contribution in [3.05, 3.63) is 64.3 Å². The van der Waals surface area contributed by atoms with E-state index in [1.807, 2.05) is 37.4 Å². The molecule has 1 aliphatic heterocycles. The van der Waals surface area contributed by atoms with Gasteiger partial charge in [-0.05, 0) is 60.3 Å². The van der Waals surface area contributed by atoms with Gasteiger partial charge in [-0.15, -0.1) is 11.8 Å². The Morgan fingerprint density at radius 1 is 1.32 bits per heavy atom. The SMILES string of the molecule is CSc1ccc(C)c(C(=O)NCCN2C(=O)SC(=Cc3cccnc3)C2=O)c1. The van der Waals surface area contributed by atoms with Gasteiger partial charge in [0.05, 0.1) is 4.91 Å². The molecule has 3 rings (SSSR count). The van der Waals surface area contributed by atoms with Crippen LogP contribution in [0.5, 0.6) is 0 Å². The van der Waals surface area contributed by atoms with Gasteiger partial charge in [0.15, 0.2) is 0 Å². The van der Waals surface area contributed by atoms with E-state index < -0.39 is 0 Å². The second-order valence-electron chi connectivity index (χ2n) is 6.06. The highest BCUT2D eigenvalue weighted by Gasteiger charge is 2.34. The fraction of sp³-hybridized carbons (Fsp3) is 0.200. The van der Waals surface area contributed by atoms with Crippen molar-refractivity contribution in [3.8, 4) is 0 Å². The lowest BCUT2D eigenvalue weighted by molar-refractivity contribution is -0.122. The summed E-state index contributed by atoms with van der Waals surface area (Å²) < 4.78 is 0. The van der Waals surface area contributed by atoms with Crippen LogP contribution in [0, 0.1) is 6.92 Å². The molecule has 1 N–H and O–H groups in total. The lowest BCUT2D eigenvalue weighted by Crippen LogP contribution is -2.37. The largest absolute Gasteiger partial charge is 0.350 e. The third-order valence-corrected chi connectivity index (χ3v) is 5.80. The number of hydrogen-bond acceptors (Lipinski definition) is 6. The molecule has 8 heteroatoms. The number of nitrogens with zero attached hydrogens (tertiary/aromatic N) is 2. The van der Waals surface area contributed by atoms with Gasteiger partial charge in [-0.25, -0.2) is 0 Å². The van der Waals surface area contributed by atoms with E-state index >= 15 is 0 Å². The van der Waals surface area contributed by atoms with Crippen LogP contribution in [0.15, 0.2) is 52.5 Å². The molecule has 28 heavy (non-hydrogen) atoms. The second-order valence-corrected chi connectivity index (χ2v) is 7.93. The molecule has 0 spiro atoms. The molecule has 0 aliphatic carbocycles. The van der Waals surface area contributed by atoms with Gasteiger partial charge in [-0.1, -0.05) is 12.1 Å². The molecule has 1 aromatic carbocycles. The van der Waals surface area contributed by atoms with E-state index in [1.165, 1.54) is 0 Å². The lowest BCUT2D eigenvalue weighted by Gasteiger charge is -2.14. The van der Waals surface area contributed by atoms with E-state index in [2.05, 4.69) is 10.3 Å². The maximum absolute atomic E-state index is 12.5. The Bertz CT molecular complexity index is 945. The van der Waals surface area contributed by atoms with Gasteiger partial charge >= 0.3 is 0 Å². The Morgan fingerprint density at radius 2 is 2.14 bits per heavy atom. The minimum absolute atomic E-state index is 0.127. The predicted octanol–water partition coefficient (Wildman–Crippen LogP) is 3.58. The molecular weight excluding hydrogens is 394 g/mol. The molecule has 1 fully saturated rings. The summed E-state index contributed by atoms with van der Waals surface area (Å²) in [5.74, 6) is -0.570. The van der Waals surface area contributed by atoms with Crippen LogP contribution in [-0.4, -0.2) is 46.3 Å². The number of carbonyl (C=O) groups excluding carboxylic acids is 3. The number of hydrogen-bond donors (Lipinski definition) is 1. The summed E-state index contributed by atoms with van der Waals surface area (Å²) in [5.41, 5.74) is 2.23. The van der Waals surface area contributed by atoms with Crippen LogP contribution in [0.2, 0.25) is 0 Å². The lowest BCUT2D eigenvalue weighted by atomic mass is 10.1. The molecule has 0 atom stereocenters. The van der Waals surface area contributed by atoms with E-state index in [-0.39, 0.29) is 30.1 Å². The molecule has 1 aliphatic rings. The minimum atomic E-state index is -0.353. The first kappa shape index (κ1) is 20.2. The number of benzene rings is 1. The fourth-order valence-corrected chi connectivity index (χ4v) is 3.96. The number of pyridine rings is 1. The van der Waals surface area contributed by atoms with Gasteiger partial charge in [-0.2, -0.15) is 0 Å². The van der Waals surface area contributed by atoms with Crippen LogP contribution in [0.3, 0.4) is 0 Å². The second kappa shape index (κ2) is 9.07. The van der Waals surface area contributed by atoms with Crippen molar-refractivity contribution in [1.29, 1.82) is 0 Å². The Balaban J connectivity index is 1.60. The molecule has 0 bridgehead atoms. The molecule has 3 amide bonds. The zero-order chi connectivity index (χ0) is 20.1. The number of nitrogens with one attached hydrogen (secondary N) is 1. The van der Waals surface area contributed by atoms with E-state index in [0.29, 0.717) is 10.5 Å².